The maximum Gasteiger partial charge on any atom is 0.309 e. The predicted octanol–water partition coefficient (Wildman–Crippen LogP) is 2.20. The van der Waals surface area contributed by atoms with Crippen LogP contribution in [0.3, 0.4) is 0 Å². The standard InChI is InChI=1S/C10H14F2N2O2/c1-9(2,3)14-6-7(5-13-14)10(11,12)4-8(15)16/h5-6H,4H2,1-3H3,(H,15,16). The Kier molecular flexibility index (Phi) is 3.03. The molecule has 0 aromatic carbocycles. The molecule has 0 atom stereocenters. The molecular formula is C10H14F2N2O2. The van der Waals surface area contributed by atoms with E-state index < -0.39 is 23.9 Å². The summed E-state index contributed by atoms with van der Waals surface area (Å²) in [5.74, 6) is -4.91. The Morgan fingerprint density at radius 2 is 2.06 bits per heavy atom. The second kappa shape index (κ2) is 3.84. The van der Waals surface area contributed by atoms with E-state index in [1.807, 2.05) is 20.8 Å². The van der Waals surface area contributed by atoms with E-state index in [1.165, 1.54) is 10.9 Å². The minimum atomic E-state index is -3.38. The van der Waals surface area contributed by atoms with Gasteiger partial charge in [0.15, 0.2) is 0 Å². The summed E-state index contributed by atoms with van der Waals surface area (Å²) in [5, 5.41) is 12.2. The molecule has 0 spiro atoms. The first-order valence-corrected chi connectivity index (χ1v) is 4.78. The number of hydrogen-bond acceptors (Lipinski definition) is 2. The van der Waals surface area contributed by atoms with Gasteiger partial charge in [0.05, 0.1) is 17.3 Å². The lowest BCUT2D eigenvalue weighted by Gasteiger charge is -2.19. The first-order chi connectivity index (χ1) is 7.13. The monoisotopic (exact) mass is 232 g/mol. The molecule has 0 bridgehead atoms. The molecule has 4 nitrogen and oxygen atoms in total. The molecule has 0 aliphatic heterocycles. The van der Waals surface area contributed by atoms with Crippen LogP contribution in [0.4, 0.5) is 8.78 Å². The van der Waals surface area contributed by atoms with Crippen LogP contribution in [0.5, 0.6) is 0 Å². The minimum absolute atomic E-state index is 0.371. The van der Waals surface area contributed by atoms with Crippen LogP contribution in [-0.2, 0) is 16.3 Å². The first kappa shape index (κ1) is 12.6. The van der Waals surface area contributed by atoms with E-state index in [9.17, 15) is 13.6 Å². The van der Waals surface area contributed by atoms with E-state index in [2.05, 4.69) is 5.10 Å². The molecule has 16 heavy (non-hydrogen) atoms. The summed E-state index contributed by atoms with van der Waals surface area (Å²) < 4.78 is 28.1. The molecule has 0 aliphatic rings. The van der Waals surface area contributed by atoms with Crippen LogP contribution < -0.4 is 0 Å². The molecular weight excluding hydrogens is 218 g/mol. The fourth-order valence-corrected chi connectivity index (χ4v) is 1.17. The second-order valence-corrected chi connectivity index (χ2v) is 4.62. The van der Waals surface area contributed by atoms with Crippen LogP contribution in [0.2, 0.25) is 0 Å². The number of carbonyl (C=O) groups is 1. The van der Waals surface area contributed by atoms with Gasteiger partial charge < -0.3 is 5.11 Å². The Hall–Kier alpha value is -1.46. The number of aromatic nitrogens is 2. The molecule has 0 unspecified atom stereocenters. The molecule has 0 aliphatic carbocycles. The molecule has 1 N–H and O–H groups in total. The second-order valence-electron chi connectivity index (χ2n) is 4.62. The summed E-state index contributed by atoms with van der Waals surface area (Å²) in [5.41, 5.74) is -0.776. The van der Waals surface area contributed by atoms with Crippen molar-refractivity contribution in [1.82, 2.24) is 9.78 Å². The third-order valence-corrected chi connectivity index (χ3v) is 2.07. The van der Waals surface area contributed by atoms with Gasteiger partial charge in [-0.15, -0.1) is 0 Å². The summed E-state index contributed by atoms with van der Waals surface area (Å²) >= 11 is 0. The summed E-state index contributed by atoms with van der Waals surface area (Å²) in [6.07, 6.45) is 0.972. The molecule has 1 rings (SSSR count). The molecule has 1 heterocycles. The zero-order chi connectivity index (χ0) is 12.6. The number of alkyl halides is 2. The Morgan fingerprint density at radius 3 is 2.44 bits per heavy atom. The van der Waals surface area contributed by atoms with Crippen molar-refractivity contribution < 1.29 is 18.7 Å². The molecule has 6 heteroatoms. The lowest BCUT2D eigenvalue weighted by molar-refractivity contribution is -0.145. The van der Waals surface area contributed by atoms with Crippen molar-refractivity contribution in [2.24, 2.45) is 0 Å². The van der Waals surface area contributed by atoms with Gasteiger partial charge in [-0.1, -0.05) is 0 Å². The quantitative estimate of drug-likeness (QED) is 0.869. The van der Waals surface area contributed by atoms with Crippen molar-refractivity contribution in [2.75, 3.05) is 0 Å². The fourth-order valence-electron chi connectivity index (χ4n) is 1.17. The van der Waals surface area contributed by atoms with E-state index in [0.29, 0.717) is 0 Å². The smallest absolute Gasteiger partial charge is 0.309 e. The molecule has 0 amide bonds. The van der Waals surface area contributed by atoms with E-state index in [0.717, 1.165) is 6.20 Å². The Bertz CT molecular complexity index is 394. The van der Waals surface area contributed by atoms with Crippen LogP contribution in [-0.4, -0.2) is 20.9 Å². The number of hydrogen-bond donors (Lipinski definition) is 1. The van der Waals surface area contributed by atoms with Gasteiger partial charge in [-0.05, 0) is 20.8 Å². The maximum absolute atomic E-state index is 13.4. The highest BCUT2D eigenvalue weighted by atomic mass is 19.3. The molecule has 0 fully saturated rings. The average molecular weight is 232 g/mol. The van der Waals surface area contributed by atoms with Crippen molar-refractivity contribution in [1.29, 1.82) is 0 Å². The Balaban J connectivity index is 2.97. The minimum Gasteiger partial charge on any atom is -0.481 e. The third kappa shape index (κ3) is 2.77. The molecule has 0 radical (unpaired) electrons. The van der Waals surface area contributed by atoms with Crippen molar-refractivity contribution in [3.63, 3.8) is 0 Å². The highest BCUT2D eigenvalue weighted by molar-refractivity contribution is 5.68. The van der Waals surface area contributed by atoms with Crippen LogP contribution in [0, 0.1) is 0 Å². The van der Waals surface area contributed by atoms with E-state index >= 15 is 0 Å². The molecule has 0 saturated heterocycles. The molecule has 90 valence electrons. The Labute approximate surface area is 91.9 Å². The number of aliphatic carboxylic acids is 1. The van der Waals surface area contributed by atoms with Crippen molar-refractivity contribution in [3.8, 4) is 0 Å². The van der Waals surface area contributed by atoms with Crippen LogP contribution in [0.15, 0.2) is 12.4 Å². The lowest BCUT2D eigenvalue weighted by Crippen LogP contribution is -2.22. The number of nitrogens with zero attached hydrogens (tertiary/aromatic N) is 2. The maximum atomic E-state index is 13.4. The van der Waals surface area contributed by atoms with Crippen LogP contribution >= 0.6 is 0 Å². The van der Waals surface area contributed by atoms with E-state index in [1.54, 1.807) is 0 Å². The number of carboxylic acids is 1. The SMILES string of the molecule is CC(C)(C)n1cc(C(F)(F)CC(=O)O)cn1. The van der Waals surface area contributed by atoms with Gasteiger partial charge in [0, 0.05) is 6.20 Å². The van der Waals surface area contributed by atoms with Crippen molar-refractivity contribution in [3.05, 3.63) is 18.0 Å². The van der Waals surface area contributed by atoms with Gasteiger partial charge in [-0.2, -0.15) is 5.10 Å². The van der Waals surface area contributed by atoms with E-state index in [-0.39, 0.29) is 5.56 Å². The summed E-state index contributed by atoms with van der Waals surface area (Å²) in [7, 11) is 0. The number of carboxylic acid groups (broad SMARTS) is 1. The largest absolute Gasteiger partial charge is 0.481 e. The van der Waals surface area contributed by atoms with Gasteiger partial charge in [-0.3, -0.25) is 9.48 Å². The third-order valence-electron chi connectivity index (χ3n) is 2.07. The molecule has 0 saturated carbocycles. The van der Waals surface area contributed by atoms with Gasteiger partial charge in [0.2, 0.25) is 0 Å². The summed E-state index contributed by atoms with van der Waals surface area (Å²) in [6.45, 7) is 5.46. The lowest BCUT2D eigenvalue weighted by atomic mass is 10.1. The highest BCUT2D eigenvalue weighted by Crippen LogP contribution is 2.32. The topological polar surface area (TPSA) is 55.1 Å². The summed E-state index contributed by atoms with van der Waals surface area (Å²) in [4.78, 5) is 10.3. The summed E-state index contributed by atoms with van der Waals surface area (Å²) in [6, 6.07) is 0. The zero-order valence-electron chi connectivity index (χ0n) is 9.37. The van der Waals surface area contributed by atoms with Crippen molar-refractivity contribution in [2.45, 2.75) is 38.7 Å². The number of rotatable bonds is 3. The molecule has 1 aromatic rings. The normalized spacial score (nSPS) is 12.8. The van der Waals surface area contributed by atoms with Crippen molar-refractivity contribution >= 4 is 5.97 Å². The first-order valence-electron chi connectivity index (χ1n) is 4.78. The highest BCUT2D eigenvalue weighted by Gasteiger charge is 2.36. The van der Waals surface area contributed by atoms with Crippen LogP contribution in [0.25, 0.3) is 0 Å². The zero-order valence-corrected chi connectivity index (χ0v) is 9.37. The molecule has 1 aromatic heterocycles. The van der Waals surface area contributed by atoms with Gasteiger partial charge in [-0.25, -0.2) is 8.78 Å². The van der Waals surface area contributed by atoms with Gasteiger partial charge >= 0.3 is 5.97 Å². The predicted molar refractivity (Wildman–Crippen MR) is 53.4 cm³/mol. The van der Waals surface area contributed by atoms with Gasteiger partial charge in [0.1, 0.15) is 6.42 Å². The average Bonchev–Trinajstić information content (AvgIpc) is 2.47. The van der Waals surface area contributed by atoms with Crippen LogP contribution in [0.1, 0.15) is 32.8 Å². The van der Waals surface area contributed by atoms with E-state index in [4.69, 9.17) is 5.11 Å². The van der Waals surface area contributed by atoms with Gasteiger partial charge in [0.25, 0.3) is 5.92 Å². The Morgan fingerprint density at radius 1 is 1.50 bits per heavy atom. The number of halogens is 2. The fraction of sp³-hybridized carbons (Fsp3) is 0.600.